The molecule has 0 amide bonds. The Labute approximate surface area is 110 Å². The summed E-state index contributed by atoms with van der Waals surface area (Å²) in [6.07, 6.45) is 0. The molecule has 94 valence electrons. The molecule has 0 saturated heterocycles. The molecule has 0 aromatic heterocycles. The maximum atomic E-state index is 5.77. The largest absolute Gasteiger partial charge is 0.486 e. The molecule has 1 aliphatic heterocycles. The summed E-state index contributed by atoms with van der Waals surface area (Å²) < 4.78 is 12.1. The summed E-state index contributed by atoms with van der Waals surface area (Å²) in [5.41, 5.74) is 6.88. The molecule has 17 heavy (non-hydrogen) atoms. The molecule has 4 nitrogen and oxygen atoms in total. The molecule has 1 aromatic rings. The van der Waals surface area contributed by atoms with Crippen molar-refractivity contribution in [3.63, 3.8) is 0 Å². The van der Waals surface area contributed by atoms with Crippen LogP contribution in [0.15, 0.2) is 16.6 Å². The van der Waals surface area contributed by atoms with E-state index in [1.165, 1.54) is 0 Å². The van der Waals surface area contributed by atoms with Crippen LogP contribution in [-0.2, 0) is 0 Å². The number of halogens is 1. The zero-order valence-electron chi connectivity index (χ0n) is 9.83. The molecule has 1 heterocycles. The van der Waals surface area contributed by atoms with Gasteiger partial charge in [0.2, 0.25) is 0 Å². The molecule has 0 saturated carbocycles. The Hall–Kier alpha value is -0.780. The lowest BCUT2D eigenvalue weighted by Crippen LogP contribution is -2.28. The second-order valence-electron chi connectivity index (χ2n) is 3.87. The zero-order chi connectivity index (χ0) is 12.3. The van der Waals surface area contributed by atoms with E-state index < -0.39 is 0 Å². The van der Waals surface area contributed by atoms with Crippen molar-refractivity contribution in [3.05, 3.63) is 22.2 Å². The molecule has 0 spiro atoms. The third-order valence-electron chi connectivity index (χ3n) is 2.71. The standard InChI is InChI=1S/C12H17BrN2O2/c1-2-15-10(7-14)8-5-9(13)12-11(6-8)16-3-4-17-12/h5-6,10,15H,2-4,7,14H2,1H3. The monoisotopic (exact) mass is 300 g/mol. The van der Waals surface area contributed by atoms with Gasteiger partial charge in [0.15, 0.2) is 11.5 Å². The number of hydrogen-bond donors (Lipinski definition) is 2. The van der Waals surface area contributed by atoms with E-state index in [0.717, 1.165) is 28.1 Å². The van der Waals surface area contributed by atoms with Crippen LogP contribution in [0.4, 0.5) is 0 Å². The van der Waals surface area contributed by atoms with Crippen LogP contribution in [0.1, 0.15) is 18.5 Å². The number of hydrogen-bond acceptors (Lipinski definition) is 4. The van der Waals surface area contributed by atoms with Gasteiger partial charge < -0.3 is 20.5 Å². The SMILES string of the molecule is CCNC(CN)c1cc(Br)c2c(c1)OCCO2. The Morgan fingerprint density at radius 3 is 2.88 bits per heavy atom. The summed E-state index contributed by atoms with van der Waals surface area (Å²) in [5.74, 6) is 1.57. The van der Waals surface area contributed by atoms with Gasteiger partial charge in [-0.3, -0.25) is 0 Å². The molecular weight excluding hydrogens is 284 g/mol. The molecular formula is C12H17BrN2O2. The van der Waals surface area contributed by atoms with Gasteiger partial charge >= 0.3 is 0 Å². The Morgan fingerprint density at radius 1 is 1.41 bits per heavy atom. The summed E-state index contributed by atoms with van der Waals surface area (Å²) in [5, 5.41) is 3.34. The van der Waals surface area contributed by atoms with Gasteiger partial charge in [0.1, 0.15) is 13.2 Å². The van der Waals surface area contributed by atoms with Crippen molar-refractivity contribution < 1.29 is 9.47 Å². The maximum Gasteiger partial charge on any atom is 0.175 e. The third kappa shape index (κ3) is 2.73. The number of ether oxygens (including phenoxy) is 2. The molecule has 1 aromatic carbocycles. The number of rotatable bonds is 4. The van der Waals surface area contributed by atoms with Gasteiger partial charge in [-0.1, -0.05) is 6.92 Å². The minimum atomic E-state index is 0.145. The van der Waals surface area contributed by atoms with Gasteiger partial charge in [-0.2, -0.15) is 0 Å². The lowest BCUT2D eigenvalue weighted by molar-refractivity contribution is 0.170. The molecule has 1 unspecified atom stereocenters. The predicted octanol–water partition coefficient (Wildman–Crippen LogP) is 1.83. The van der Waals surface area contributed by atoms with E-state index in [9.17, 15) is 0 Å². The molecule has 0 fully saturated rings. The van der Waals surface area contributed by atoms with Gasteiger partial charge in [0, 0.05) is 12.6 Å². The van der Waals surface area contributed by atoms with Gasteiger partial charge in [0.05, 0.1) is 4.47 Å². The first-order chi connectivity index (χ1) is 8.26. The summed E-state index contributed by atoms with van der Waals surface area (Å²) in [4.78, 5) is 0. The fourth-order valence-electron chi connectivity index (χ4n) is 1.92. The second kappa shape index (κ2) is 5.71. The first-order valence-electron chi connectivity index (χ1n) is 5.78. The molecule has 5 heteroatoms. The minimum Gasteiger partial charge on any atom is -0.486 e. The van der Waals surface area contributed by atoms with Crippen LogP contribution in [-0.4, -0.2) is 26.3 Å². The lowest BCUT2D eigenvalue weighted by atomic mass is 10.1. The normalized spacial score (nSPS) is 15.7. The maximum absolute atomic E-state index is 5.77. The Balaban J connectivity index is 2.32. The summed E-state index contributed by atoms with van der Waals surface area (Å²) in [7, 11) is 0. The van der Waals surface area contributed by atoms with E-state index in [2.05, 4.69) is 28.2 Å². The van der Waals surface area contributed by atoms with Gasteiger partial charge in [-0.25, -0.2) is 0 Å². The molecule has 1 aliphatic rings. The summed E-state index contributed by atoms with van der Waals surface area (Å²) >= 11 is 3.51. The van der Waals surface area contributed by atoms with Crippen LogP contribution in [0.3, 0.4) is 0 Å². The number of nitrogens with one attached hydrogen (secondary N) is 1. The predicted molar refractivity (Wildman–Crippen MR) is 70.6 cm³/mol. The highest BCUT2D eigenvalue weighted by molar-refractivity contribution is 9.10. The molecule has 2 rings (SSSR count). The minimum absolute atomic E-state index is 0.145. The average molecular weight is 301 g/mol. The molecule has 0 bridgehead atoms. The van der Waals surface area contributed by atoms with Crippen molar-refractivity contribution >= 4 is 15.9 Å². The van der Waals surface area contributed by atoms with Crippen molar-refractivity contribution in [1.82, 2.24) is 5.32 Å². The molecule has 0 aliphatic carbocycles. The molecule has 3 N–H and O–H groups in total. The van der Waals surface area contributed by atoms with E-state index >= 15 is 0 Å². The fourth-order valence-corrected chi connectivity index (χ4v) is 2.49. The number of nitrogens with two attached hydrogens (primary N) is 1. The van der Waals surface area contributed by atoms with Crippen molar-refractivity contribution in [1.29, 1.82) is 0 Å². The first kappa shape index (κ1) is 12.7. The Morgan fingerprint density at radius 2 is 2.18 bits per heavy atom. The van der Waals surface area contributed by atoms with Crippen LogP contribution >= 0.6 is 15.9 Å². The highest BCUT2D eigenvalue weighted by Crippen LogP contribution is 2.39. The number of benzene rings is 1. The lowest BCUT2D eigenvalue weighted by Gasteiger charge is -2.23. The summed E-state index contributed by atoms with van der Waals surface area (Å²) in [6, 6.07) is 4.18. The first-order valence-corrected chi connectivity index (χ1v) is 6.58. The van der Waals surface area contributed by atoms with E-state index in [1.54, 1.807) is 0 Å². The van der Waals surface area contributed by atoms with Crippen molar-refractivity contribution in [2.24, 2.45) is 5.73 Å². The second-order valence-corrected chi connectivity index (χ2v) is 4.73. The van der Waals surface area contributed by atoms with Gasteiger partial charge in [-0.15, -0.1) is 0 Å². The highest BCUT2D eigenvalue weighted by Gasteiger charge is 2.19. The topological polar surface area (TPSA) is 56.5 Å². The Bertz CT molecular complexity index is 398. The van der Waals surface area contributed by atoms with Crippen LogP contribution in [0.5, 0.6) is 11.5 Å². The van der Waals surface area contributed by atoms with Crippen LogP contribution in [0.2, 0.25) is 0 Å². The van der Waals surface area contributed by atoms with Gasteiger partial charge in [0.25, 0.3) is 0 Å². The van der Waals surface area contributed by atoms with E-state index in [-0.39, 0.29) is 6.04 Å². The Kier molecular flexibility index (Phi) is 4.25. The van der Waals surface area contributed by atoms with E-state index in [1.807, 2.05) is 12.1 Å². The van der Waals surface area contributed by atoms with Crippen molar-refractivity contribution in [2.45, 2.75) is 13.0 Å². The molecule has 0 radical (unpaired) electrons. The number of likely N-dealkylation sites (N-methyl/N-ethyl adjacent to an activating group) is 1. The summed E-state index contributed by atoms with van der Waals surface area (Å²) in [6.45, 7) is 4.69. The van der Waals surface area contributed by atoms with E-state index in [0.29, 0.717) is 19.8 Å². The van der Waals surface area contributed by atoms with E-state index in [4.69, 9.17) is 15.2 Å². The van der Waals surface area contributed by atoms with Crippen LogP contribution in [0.25, 0.3) is 0 Å². The van der Waals surface area contributed by atoms with Crippen molar-refractivity contribution in [2.75, 3.05) is 26.3 Å². The fraction of sp³-hybridized carbons (Fsp3) is 0.500. The zero-order valence-corrected chi connectivity index (χ0v) is 11.4. The van der Waals surface area contributed by atoms with Crippen LogP contribution in [0, 0.1) is 0 Å². The third-order valence-corrected chi connectivity index (χ3v) is 3.30. The quantitative estimate of drug-likeness (QED) is 0.891. The van der Waals surface area contributed by atoms with Gasteiger partial charge in [-0.05, 0) is 40.2 Å². The number of fused-ring (bicyclic) bond motifs is 1. The smallest absolute Gasteiger partial charge is 0.175 e. The van der Waals surface area contributed by atoms with Crippen LogP contribution < -0.4 is 20.5 Å². The molecule has 1 atom stereocenters. The van der Waals surface area contributed by atoms with Crippen molar-refractivity contribution in [3.8, 4) is 11.5 Å². The highest BCUT2D eigenvalue weighted by atomic mass is 79.9. The average Bonchev–Trinajstić information content (AvgIpc) is 2.36.